The summed E-state index contributed by atoms with van der Waals surface area (Å²) < 4.78 is 0. The molecule has 0 bridgehead atoms. The lowest BCUT2D eigenvalue weighted by molar-refractivity contribution is 0.0896. The summed E-state index contributed by atoms with van der Waals surface area (Å²) >= 11 is 0. The third-order valence-electron chi connectivity index (χ3n) is 5.42. The molecule has 35 heavy (non-hydrogen) atoms. The van der Waals surface area contributed by atoms with Gasteiger partial charge < -0.3 is 31.3 Å². The van der Waals surface area contributed by atoms with Crippen LogP contribution < -0.4 is 16.0 Å². The standard InChI is InChI=1S/C26H27N3O6/c1-26(14-27-23(33)17-2-8-20(30)9-3-17,15-28-24(34)18-4-10-21(31)11-5-18)16-29-25(35)19-6-12-22(32)13-7-19/h2-13,30-32H,14-16H2,1H3,(H,27,33)(H,28,34)(H,29,35). The lowest BCUT2D eigenvalue weighted by Crippen LogP contribution is -2.50. The molecule has 9 nitrogen and oxygen atoms in total. The van der Waals surface area contributed by atoms with Gasteiger partial charge in [0.1, 0.15) is 17.2 Å². The Kier molecular flexibility index (Phi) is 7.93. The van der Waals surface area contributed by atoms with E-state index in [1.807, 2.05) is 0 Å². The Balaban J connectivity index is 1.68. The van der Waals surface area contributed by atoms with Crippen LogP contribution in [0.3, 0.4) is 0 Å². The van der Waals surface area contributed by atoms with Crippen LogP contribution in [0.25, 0.3) is 0 Å². The first-order chi connectivity index (χ1) is 16.6. The number of hydrogen-bond donors (Lipinski definition) is 6. The van der Waals surface area contributed by atoms with Crippen LogP contribution in [0.4, 0.5) is 0 Å². The van der Waals surface area contributed by atoms with Gasteiger partial charge in [-0.1, -0.05) is 6.92 Å². The van der Waals surface area contributed by atoms with Crippen molar-refractivity contribution in [1.29, 1.82) is 0 Å². The van der Waals surface area contributed by atoms with Gasteiger partial charge in [-0.2, -0.15) is 0 Å². The molecule has 6 N–H and O–H groups in total. The first kappa shape index (κ1) is 25.1. The van der Waals surface area contributed by atoms with E-state index in [-0.39, 0.29) is 54.6 Å². The fourth-order valence-electron chi connectivity index (χ4n) is 3.21. The molecule has 3 aromatic rings. The van der Waals surface area contributed by atoms with E-state index in [9.17, 15) is 29.7 Å². The molecule has 3 amide bonds. The van der Waals surface area contributed by atoms with E-state index in [2.05, 4.69) is 16.0 Å². The van der Waals surface area contributed by atoms with E-state index >= 15 is 0 Å². The molecule has 0 saturated heterocycles. The quantitative estimate of drug-likeness (QED) is 0.279. The molecule has 0 heterocycles. The molecule has 0 atom stereocenters. The van der Waals surface area contributed by atoms with Crippen molar-refractivity contribution in [2.45, 2.75) is 6.92 Å². The minimum absolute atomic E-state index is 0.0419. The van der Waals surface area contributed by atoms with Gasteiger partial charge in [0.2, 0.25) is 0 Å². The Morgan fingerprint density at radius 3 is 1.00 bits per heavy atom. The maximum absolute atomic E-state index is 12.6. The zero-order valence-electron chi connectivity index (χ0n) is 19.1. The van der Waals surface area contributed by atoms with E-state index in [0.717, 1.165) is 0 Å². The van der Waals surface area contributed by atoms with E-state index < -0.39 is 5.41 Å². The molecule has 182 valence electrons. The summed E-state index contributed by atoms with van der Waals surface area (Å²) in [5.41, 5.74) is 0.287. The molecule has 0 fully saturated rings. The monoisotopic (exact) mass is 477 g/mol. The second kappa shape index (κ2) is 11.1. The van der Waals surface area contributed by atoms with Gasteiger partial charge in [-0.05, 0) is 72.8 Å². The summed E-state index contributed by atoms with van der Waals surface area (Å²) in [6.07, 6.45) is 0. The van der Waals surface area contributed by atoms with Gasteiger partial charge in [0.15, 0.2) is 0 Å². The SMILES string of the molecule is CC(CNC(=O)c1ccc(O)cc1)(CNC(=O)c1ccc(O)cc1)CNC(=O)c1ccc(O)cc1. The molecule has 0 aliphatic carbocycles. The second-order valence-electron chi connectivity index (χ2n) is 8.50. The lowest BCUT2D eigenvalue weighted by Gasteiger charge is -2.30. The van der Waals surface area contributed by atoms with Crippen LogP contribution in [0.15, 0.2) is 72.8 Å². The van der Waals surface area contributed by atoms with Crippen molar-refractivity contribution in [3.8, 4) is 17.2 Å². The van der Waals surface area contributed by atoms with Crippen LogP contribution in [0.2, 0.25) is 0 Å². The van der Waals surface area contributed by atoms with Crippen molar-refractivity contribution in [2.24, 2.45) is 5.41 Å². The maximum atomic E-state index is 12.6. The van der Waals surface area contributed by atoms with Crippen molar-refractivity contribution >= 4 is 17.7 Å². The molecule has 0 aliphatic rings. The van der Waals surface area contributed by atoms with E-state index in [1.165, 1.54) is 72.8 Å². The van der Waals surface area contributed by atoms with Crippen LogP contribution in [0.1, 0.15) is 38.0 Å². The molecule has 0 radical (unpaired) electrons. The smallest absolute Gasteiger partial charge is 0.251 e. The van der Waals surface area contributed by atoms with Gasteiger partial charge in [-0.15, -0.1) is 0 Å². The predicted octanol–water partition coefficient (Wildman–Crippen LogP) is 2.40. The van der Waals surface area contributed by atoms with Crippen LogP contribution >= 0.6 is 0 Å². The molecule has 0 aliphatic heterocycles. The molecule has 0 saturated carbocycles. The van der Waals surface area contributed by atoms with Gasteiger partial charge in [-0.25, -0.2) is 0 Å². The zero-order chi connectivity index (χ0) is 25.4. The third-order valence-corrected chi connectivity index (χ3v) is 5.42. The number of nitrogens with one attached hydrogen (secondary N) is 3. The maximum Gasteiger partial charge on any atom is 0.251 e. The highest BCUT2D eigenvalue weighted by Gasteiger charge is 2.27. The van der Waals surface area contributed by atoms with Crippen LogP contribution in [-0.4, -0.2) is 52.7 Å². The summed E-state index contributed by atoms with van der Waals surface area (Å²) in [5, 5.41) is 36.7. The van der Waals surface area contributed by atoms with Crippen LogP contribution in [-0.2, 0) is 0 Å². The van der Waals surface area contributed by atoms with Gasteiger partial charge >= 0.3 is 0 Å². The van der Waals surface area contributed by atoms with Crippen molar-refractivity contribution in [3.63, 3.8) is 0 Å². The van der Waals surface area contributed by atoms with Crippen molar-refractivity contribution in [3.05, 3.63) is 89.5 Å². The van der Waals surface area contributed by atoms with Gasteiger partial charge in [0.25, 0.3) is 17.7 Å². The lowest BCUT2D eigenvalue weighted by atomic mass is 9.89. The summed E-state index contributed by atoms with van der Waals surface area (Å²) in [5.74, 6) is -0.983. The highest BCUT2D eigenvalue weighted by atomic mass is 16.3. The van der Waals surface area contributed by atoms with E-state index in [0.29, 0.717) is 16.7 Å². The summed E-state index contributed by atoms with van der Waals surface area (Å²) in [6.45, 7) is 2.17. The largest absolute Gasteiger partial charge is 0.508 e. The molecular weight excluding hydrogens is 450 g/mol. The van der Waals surface area contributed by atoms with Gasteiger partial charge in [0.05, 0.1) is 0 Å². The fraction of sp³-hybridized carbons (Fsp3) is 0.192. The highest BCUT2D eigenvalue weighted by molar-refractivity contribution is 5.95. The number of carbonyl (C=O) groups excluding carboxylic acids is 3. The first-order valence-corrected chi connectivity index (χ1v) is 10.9. The Hall–Kier alpha value is -4.53. The third kappa shape index (κ3) is 7.23. The minimum Gasteiger partial charge on any atom is -0.508 e. The summed E-state index contributed by atoms with van der Waals surface area (Å²) in [4.78, 5) is 37.7. The number of amides is 3. The average molecular weight is 478 g/mol. The molecule has 0 unspecified atom stereocenters. The van der Waals surface area contributed by atoms with Crippen LogP contribution in [0, 0.1) is 5.41 Å². The predicted molar refractivity (Wildman–Crippen MR) is 129 cm³/mol. The number of carbonyl (C=O) groups is 3. The Bertz CT molecular complexity index is 1030. The van der Waals surface area contributed by atoms with Crippen molar-refractivity contribution in [2.75, 3.05) is 19.6 Å². The van der Waals surface area contributed by atoms with E-state index in [1.54, 1.807) is 6.92 Å². The molecule has 3 aromatic carbocycles. The number of benzene rings is 3. The Morgan fingerprint density at radius 2 is 0.771 bits per heavy atom. The number of rotatable bonds is 9. The highest BCUT2D eigenvalue weighted by Crippen LogP contribution is 2.17. The zero-order valence-corrected chi connectivity index (χ0v) is 19.1. The van der Waals surface area contributed by atoms with Crippen molar-refractivity contribution < 1.29 is 29.7 Å². The van der Waals surface area contributed by atoms with Crippen LogP contribution in [0.5, 0.6) is 17.2 Å². The Labute approximate surface area is 202 Å². The van der Waals surface area contributed by atoms with Crippen molar-refractivity contribution in [1.82, 2.24) is 16.0 Å². The van der Waals surface area contributed by atoms with Gasteiger partial charge in [0, 0.05) is 41.7 Å². The Morgan fingerprint density at radius 1 is 0.543 bits per heavy atom. The number of phenolic OH excluding ortho intramolecular Hbond substituents is 3. The number of hydrogen-bond acceptors (Lipinski definition) is 6. The molecule has 0 aromatic heterocycles. The topological polar surface area (TPSA) is 148 Å². The van der Waals surface area contributed by atoms with E-state index in [4.69, 9.17) is 0 Å². The summed E-state index contributed by atoms with van der Waals surface area (Å²) in [7, 11) is 0. The minimum atomic E-state index is -0.772. The average Bonchev–Trinajstić information content (AvgIpc) is 2.86. The van der Waals surface area contributed by atoms with Gasteiger partial charge in [-0.3, -0.25) is 14.4 Å². The second-order valence-corrected chi connectivity index (χ2v) is 8.50. The molecule has 3 rings (SSSR count). The number of aromatic hydroxyl groups is 3. The molecule has 9 heteroatoms. The first-order valence-electron chi connectivity index (χ1n) is 10.9. The number of phenols is 3. The molecule has 0 spiro atoms. The summed E-state index contributed by atoms with van der Waals surface area (Å²) in [6, 6.07) is 17.4. The fourth-order valence-corrected chi connectivity index (χ4v) is 3.21. The normalized spacial score (nSPS) is 10.9. The molecular formula is C26H27N3O6.